The maximum atomic E-state index is 12.6. The SMILES string of the molecule is C=CC(=O)N(CC)CC(=O)N1CCCCC1CCn1ccnn1. The number of carbonyl (C=O) groups is 2. The molecule has 0 spiro atoms. The van der Waals surface area contributed by atoms with E-state index in [1.165, 1.54) is 11.0 Å². The number of amides is 2. The fourth-order valence-electron chi connectivity index (χ4n) is 2.99. The molecule has 2 rings (SSSR count). The number of hydrogen-bond acceptors (Lipinski definition) is 4. The highest BCUT2D eigenvalue weighted by molar-refractivity contribution is 5.91. The molecule has 23 heavy (non-hydrogen) atoms. The first-order valence-corrected chi connectivity index (χ1v) is 8.20. The van der Waals surface area contributed by atoms with Crippen LogP contribution in [-0.4, -0.2) is 62.3 Å². The summed E-state index contributed by atoms with van der Waals surface area (Å²) in [6.45, 7) is 7.50. The van der Waals surface area contributed by atoms with Crippen LogP contribution in [0.15, 0.2) is 25.0 Å². The van der Waals surface area contributed by atoms with Crippen molar-refractivity contribution in [3.63, 3.8) is 0 Å². The number of carbonyl (C=O) groups excluding carboxylic acids is 2. The van der Waals surface area contributed by atoms with Crippen molar-refractivity contribution >= 4 is 11.8 Å². The Morgan fingerprint density at radius 1 is 1.43 bits per heavy atom. The lowest BCUT2D eigenvalue weighted by Crippen LogP contribution is -2.49. The van der Waals surface area contributed by atoms with Crippen molar-refractivity contribution in [2.24, 2.45) is 0 Å². The Kier molecular flexibility index (Phi) is 6.31. The van der Waals surface area contributed by atoms with Crippen molar-refractivity contribution in [2.45, 2.75) is 45.2 Å². The molecule has 0 N–H and O–H groups in total. The minimum Gasteiger partial charge on any atom is -0.338 e. The smallest absolute Gasteiger partial charge is 0.246 e. The first-order valence-electron chi connectivity index (χ1n) is 8.20. The van der Waals surface area contributed by atoms with Gasteiger partial charge in [-0.3, -0.25) is 14.3 Å². The summed E-state index contributed by atoms with van der Waals surface area (Å²) in [5, 5.41) is 7.76. The zero-order chi connectivity index (χ0) is 16.7. The van der Waals surface area contributed by atoms with Crippen LogP contribution >= 0.6 is 0 Å². The number of likely N-dealkylation sites (tertiary alicyclic amines) is 1. The largest absolute Gasteiger partial charge is 0.338 e. The highest BCUT2D eigenvalue weighted by atomic mass is 16.2. The number of nitrogens with zero attached hydrogens (tertiary/aromatic N) is 5. The van der Waals surface area contributed by atoms with Gasteiger partial charge in [0.1, 0.15) is 6.54 Å². The molecule has 126 valence electrons. The third-order valence-corrected chi connectivity index (χ3v) is 4.30. The Morgan fingerprint density at radius 2 is 2.26 bits per heavy atom. The molecule has 0 radical (unpaired) electrons. The van der Waals surface area contributed by atoms with Gasteiger partial charge in [-0.05, 0) is 38.7 Å². The average molecular weight is 319 g/mol. The van der Waals surface area contributed by atoms with E-state index < -0.39 is 0 Å². The molecule has 2 heterocycles. The van der Waals surface area contributed by atoms with E-state index >= 15 is 0 Å². The third-order valence-electron chi connectivity index (χ3n) is 4.30. The number of rotatable bonds is 7. The van der Waals surface area contributed by atoms with E-state index in [-0.39, 0.29) is 24.4 Å². The predicted octanol–water partition coefficient (Wildman–Crippen LogP) is 1.08. The second-order valence-electron chi connectivity index (χ2n) is 5.75. The Morgan fingerprint density at radius 3 is 2.91 bits per heavy atom. The summed E-state index contributed by atoms with van der Waals surface area (Å²) >= 11 is 0. The van der Waals surface area contributed by atoms with Crippen LogP contribution in [0, 0.1) is 0 Å². The van der Waals surface area contributed by atoms with Crippen LogP contribution in [0.5, 0.6) is 0 Å². The minimum absolute atomic E-state index is 0.0188. The van der Waals surface area contributed by atoms with Crippen LogP contribution < -0.4 is 0 Å². The van der Waals surface area contributed by atoms with Gasteiger partial charge < -0.3 is 9.80 Å². The van der Waals surface area contributed by atoms with E-state index in [2.05, 4.69) is 16.9 Å². The molecule has 0 aliphatic carbocycles. The van der Waals surface area contributed by atoms with Crippen molar-refractivity contribution in [2.75, 3.05) is 19.6 Å². The van der Waals surface area contributed by atoms with Crippen molar-refractivity contribution in [1.82, 2.24) is 24.8 Å². The van der Waals surface area contributed by atoms with Gasteiger partial charge in [0.05, 0.1) is 6.20 Å². The molecule has 1 atom stereocenters. The lowest BCUT2D eigenvalue weighted by molar-refractivity contribution is -0.140. The van der Waals surface area contributed by atoms with Gasteiger partial charge in [0, 0.05) is 31.9 Å². The Labute approximate surface area is 136 Å². The monoisotopic (exact) mass is 319 g/mol. The molecule has 1 aromatic rings. The van der Waals surface area contributed by atoms with E-state index in [0.29, 0.717) is 6.54 Å². The summed E-state index contributed by atoms with van der Waals surface area (Å²) in [6.07, 6.45) is 8.76. The summed E-state index contributed by atoms with van der Waals surface area (Å²) in [4.78, 5) is 27.8. The lowest BCUT2D eigenvalue weighted by Gasteiger charge is -2.37. The molecular formula is C16H25N5O2. The second-order valence-corrected chi connectivity index (χ2v) is 5.75. The molecule has 0 saturated carbocycles. The molecule has 1 saturated heterocycles. The number of aryl methyl sites for hydroxylation is 1. The fraction of sp³-hybridized carbons (Fsp3) is 0.625. The van der Waals surface area contributed by atoms with Gasteiger partial charge in [-0.15, -0.1) is 5.10 Å². The standard InChI is InChI=1S/C16H25N5O2/c1-3-15(22)19(4-2)13-16(23)21-10-6-5-7-14(21)8-11-20-12-9-17-18-20/h3,9,12,14H,1,4-8,10-11,13H2,2H3. The summed E-state index contributed by atoms with van der Waals surface area (Å²) in [6, 6.07) is 0.206. The number of aromatic nitrogens is 3. The molecule has 1 aliphatic rings. The van der Waals surface area contributed by atoms with Crippen LogP contribution in [0.25, 0.3) is 0 Å². The molecule has 2 amide bonds. The lowest BCUT2D eigenvalue weighted by atomic mass is 9.99. The molecule has 1 aliphatic heterocycles. The molecule has 7 heteroatoms. The quantitative estimate of drug-likeness (QED) is 0.705. The van der Waals surface area contributed by atoms with Gasteiger partial charge in [0.15, 0.2) is 0 Å². The average Bonchev–Trinajstić information content (AvgIpc) is 3.10. The van der Waals surface area contributed by atoms with Crippen LogP contribution in [0.4, 0.5) is 0 Å². The topological polar surface area (TPSA) is 71.3 Å². The zero-order valence-corrected chi connectivity index (χ0v) is 13.7. The van der Waals surface area contributed by atoms with Crippen molar-refractivity contribution < 1.29 is 9.59 Å². The number of piperidine rings is 1. The van der Waals surface area contributed by atoms with E-state index in [1.807, 2.05) is 18.0 Å². The summed E-state index contributed by atoms with van der Waals surface area (Å²) in [5.41, 5.74) is 0. The maximum Gasteiger partial charge on any atom is 0.246 e. The van der Waals surface area contributed by atoms with Gasteiger partial charge in [-0.1, -0.05) is 11.8 Å². The molecular weight excluding hydrogens is 294 g/mol. The summed E-state index contributed by atoms with van der Waals surface area (Å²) in [7, 11) is 0. The normalized spacial score (nSPS) is 17.8. The first kappa shape index (κ1) is 17.2. The van der Waals surface area contributed by atoms with Crippen LogP contribution in [0.3, 0.4) is 0 Å². The number of likely N-dealkylation sites (N-methyl/N-ethyl adjacent to an activating group) is 1. The van der Waals surface area contributed by atoms with Gasteiger partial charge in [-0.25, -0.2) is 0 Å². The Bertz CT molecular complexity index is 529. The number of hydrogen-bond donors (Lipinski definition) is 0. The molecule has 1 fully saturated rings. The maximum absolute atomic E-state index is 12.6. The van der Waals surface area contributed by atoms with Crippen molar-refractivity contribution in [3.05, 3.63) is 25.0 Å². The molecule has 1 unspecified atom stereocenters. The molecule has 1 aromatic heterocycles. The third kappa shape index (κ3) is 4.64. The predicted molar refractivity (Wildman–Crippen MR) is 86.4 cm³/mol. The second kappa shape index (κ2) is 8.45. The van der Waals surface area contributed by atoms with Crippen LogP contribution in [0.1, 0.15) is 32.6 Å². The van der Waals surface area contributed by atoms with Crippen molar-refractivity contribution in [3.8, 4) is 0 Å². The van der Waals surface area contributed by atoms with E-state index in [1.54, 1.807) is 10.9 Å². The highest BCUT2D eigenvalue weighted by Crippen LogP contribution is 2.20. The fourth-order valence-corrected chi connectivity index (χ4v) is 2.99. The zero-order valence-electron chi connectivity index (χ0n) is 13.7. The van der Waals surface area contributed by atoms with E-state index in [9.17, 15) is 9.59 Å². The van der Waals surface area contributed by atoms with Gasteiger partial charge in [0.2, 0.25) is 11.8 Å². The van der Waals surface area contributed by atoms with E-state index in [0.717, 1.165) is 38.8 Å². The highest BCUT2D eigenvalue weighted by Gasteiger charge is 2.28. The Hall–Kier alpha value is -2.18. The van der Waals surface area contributed by atoms with Gasteiger partial charge in [-0.2, -0.15) is 0 Å². The molecule has 7 nitrogen and oxygen atoms in total. The van der Waals surface area contributed by atoms with Crippen LogP contribution in [-0.2, 0) is 16.1 Å². The first-order chi connectivity index (χ1) is 11.2. The van der Waals surface area contributed by atoms with Gasteiger partial charge >= 0.3 is 0 Å². The Balaban J connectivity index is 1.94. The molecule has 0 aromatic carbocycles. The summed E-state index contributed by atoms with van der Waals surface area (Å²) in [5.74, 6) is -0.178. The van der Waals surface area contributed by atoms with Crippen LogP contribution in [0.2, 0.25) is 0 Å². The summed E-state index contributed by atoms with van der Waals surface area (Å²) < 4.78 is 1.79. The molecule has 0 bridgehead atoms. The van der Waals surface area contributed by atoms with E-state index in [4.69, 9.17) is 0 Å². The minimum atomic E-state index is -0.197. The van der Waals surface area contributed by atoms with Crippen molar-refractivity contribution in [1.29, 1.82) is 0 Å². The van der Waals surface area contributed by atoms with Gasteiger partial charge in [0.25, 0.3) is 0 Å².